The predicted octanol–water partition coefficient (Wildman–Crippen LogP) is 3.46. The molecule has 2 N–H and O–H groups in total. The molecule has 0 unspecified atom stereocenters. The summed E-state index contributed by atoms with van der Waals surface area (Å²) < 4.78 is 8.56. The van der Waals surface area contributed by atoms with Gasteiger partial charge in [0.25, 0.3) is 0 Å². The second kappa shape index (κ2) is 5.54. The quantitative estimate of drug-likeness (QED) is 0.796. The number of nitrogens with zero attached hydrogens (tertiary/aromatic N) is 2. The maximum absolute atomic E-state index is 5.81. The molecule has 5 heteroatoms. The first-order valence-electron chi connectivity index (χ1n) is 6.32. The zero-order valence-electron chi connectivity index (χ0n) is 10.8. The van der Waals surface area contributed by atoms with Crippen molar-refractivity contribution in [1.29, 1.82) is 0 Å². The SMILES string of the molecule is Nc1cnn(CCOc2ccc3ccccc3c2Br)c1. The van der Waals surface area contributed by atoms with Crippen LogP contribution in [0.5, 0.6) is 5.75 Å². The van der Waals surface area contributed by atoms with Crippen molar-refractivity contribution < 1.29 is 4.74 Å². The van der Waals surface area contributed by atoms with Gasteiger partial charge in [-0.3, -0.25) is 4.68 Å². The van der Waals surface area contributed by atoms with E-state index in [1.165, 1.54) is 5.39 Å². The number of nitrogens with two attached hydrogens (primary N) is 1. The van der Waals surface area contributed by atoms with Gasteiger partial charge in [-0.2, -0.15) is 5.10 Å². The Morgan fingerprint density at radius 3 is 2.85 bits per heavy atom. The van der Waals surface area contributed by atoms with Crippen LogP contribution >= 0.6 is 15.9 Å². The number of fused-ring (bicyclic) bond motifs is 1. The lowest BCUT2D eigenvalue weighted by molar-refractivity contribution is 0.290. The number of hydrogen-bond donors (Lipinski definition) is 1. The van der Waals surface area contributed by atoms with Crippen molar-refractivity contribution in [3.63, 3.8) is 0 Å². The summed E-state index contributed by atoms with van der Waals surface area (Å²) in [6, 6.07) is 12.2. The summed E-state index contributed by atoms with van der Waals surface area (Å²) >= 11 is 3.60. The van der Waals surface area contributed by atoms with Gasteiger partial charge >= 0.3 is 0 Å². The van der Waals surface area contributed by atoms with Crippen LogP contribution in [-0.2, 0) is 6.54 Å². The molecule has 2 aromatic carbocycles. The van der Waals surface area contributed by atoms with E-state index in [1.54, 1.807) is 17.1 Å². The number of benzene rings is 2. The first-order valence-corrected chi connectivity index (χ1v) is 7.11. The number of hydrogen-bond acceptors (Lipinski definition) is 3. The summed E-state index contributed by atoms with van der Waals surface area (Å²) in [5.41, 5.74) is 6.28. The van der Waals surface area contributed by atoms with Crippen LogP contribution in [0.15, 0.2) is 53.3 Å². The van der Waals surface area contributed by atoms with Gasteiger partial charge < -0.3 is 10.5 Å². The molecule has 102 valence electrons. The Morgan fingerprint density at radius 1 is 1.20 bits per heavy atom. The van der Waals surface area contributed by atoms with E-state index in [-0.39, 0.29) is 0 Å². The third kappa shape index (κ3) is 2.63. The van der Waals surface area contributed by atoms with Crippen molar-refractivity contribution in [2.75, 3.05) is 12.3 Å². The van der Waals surface area contributed by atoms with Gasteiger partial charge in [-0.15, -0.1) is 0 Å². The van der Waals surface area contributed by atoms with E-state index in [9.17, 15) is 0 Å². The zero-order chi connectivity index (χ0) is 13.9. The lowest BCUT2D eigenvalue weighted by Gasteiger charge is -2.10. The molecule has 0 bridgehead atoms. The molecule has 0 spiro atoms. The maximum Gasteiger partial charge on any atom is 0.134 e. The number of anilines is 1. The molecule has 3 rings (SSSR count). The van der Waals surface area contributed by atoms with E-state index in [2.05, 4.69) is 39.2 Å². The van der Waals surface area contributed by atoms with Crippen molar-refractivity contribution in [2.24, 2.45) is 0 Å². The Morgan fingerprint density at radius 2 is 2.05 bits per heavy atom. The summed E-state index contributed by atoms with van der Waals surface area (Å²) in [5.74, 6) is 0.837. The summed E-state index contributed by atoms with van der Waals surface area (Å²) in [6.07, 6.45) is 3.42. The van der Waals surface area contributed by atoms with E-state index in [4.69, 9.17) is 10.5 Å². The third-order valence-electron chi connectivity index (χ3n) is 3.06. The highest BCUT2D eigenvalue weighted by atomic mass is 79.9. The molecule has 1 heterocycles. The molecule has 20 heavy (non-hydrogen) atoms. The zero-order valence-corrected chi connectivity index (χ0v) is 12.4. The minimum atomic E-state index is 0.540. The molecule has 0 aliphatic carbocycles. The lowest BCUT2D eigenvalue weighted by atomic mass is 10.1. The van der Waals surface area contributed by atoms with E-state index < -0.39 is 0 Å². The Bertz CT molecular complexity index is 739. The molecule has 0 aliphatic rings. The average Bonchev–Trinajstić information content (AvgIpc) is 2.87. The molecule has 0 atom stereocenters. The first kappa shape index (κ1) is 13.0. The van der Waals surface area contributed by atoms with Crippen LogP contribution in [0.1, 0.15) is 0 Å². The molecule has 0 amide bonds. The van der Waals surface area contributed by atoms with Crippen LogP contribution in [-0.4, -0.2) is 16.4 Å². The third-order valence-corrected chi connectivity index (χ3v) is 3.88. The molecule has 0 saturated heterocycles. The Hall–Kier alpha value is -2.01. The van der Waals surface area contributed by atoms with Crippen LogP contribution in [0.4, 0.5) is 5.69 Å². The molecule has 0 saturated carbocycles. The monoisotopic (exact) mass is 331 g/mol. The first-order chi connectivity index (χ1) is 9.74. The minimum absolute atomic E-state index is 0.540. The standard InChI is InChI=1S/C15H14BrN3O/c16-15-13-4-2-1-3-11(13)5-6-14(15)20-8-7-19-10-12(17)9-18-19/h1-6,9-10H,7-8,17H2. The van der Waals surface area contributed by atoms with Gasteiger partial charge in [0.1, 0.15) is 12.4 Å². The number of halogens is 1. The van der Waals surface area contributed by atoms with E-state index in [0.717, 1.165) is 15.6 Å². The molecule has 0 radical (unpaired) electrons. The second-order valence-electron chi connectivity index (χ2n) is 4.48. The van der Waals surface area contributed by atoms with E-state index in [0.29, 0.717) is 18.8 Å². The van der Waals surface area contributed by atoms with Crippen molar-refractivity contribution in [3.05, 3.63) is 53.3 Å². The van der Waals surface area contributed by atoms with Crippen LogP contribution in [0.3, 0.4) is 0 Å². The largest absolute Gasteiger partial charge is 0.490 e. The highest BCUT2D eigenvalue weighted by Gasteiger charge is 2.05. The molecular formula is C15H14BrN3O. The summed E-state index contributed by atoms with van der Waals surface area (Å²) in [5, 5.41) is 6.45. The maximum atomic E-state index is 5.81. The van der Waals surface area contributed by atoms with Gasteiger partial charge in [0.15, 0.2) is 0 Å². The molecule has 0 fully saturated rings. The average molecular weight is 332 g/mol. The molecule has 4 nitrogen and oxygen atoms in total. The predicted molar refractivity (Wildman–Crippen MR) is 83.8 cm³/mol. The van der Waals surface area contributed by atoms with Crippen LogP contribution < -0.4 is 10.5 Å². The minimum Gasteiger partial charge on any atom is -0.490 e. The van der Waals surface area contributed by atoms with Crippen molar-refractivity contribution in [2.45, 2.75) is 6.54 Å². The van der Waals surface area contributed by atoms with Gasteiger partial charge in [0.2, 0.25) is 0 Å². The lowest BCUT2D eigenvalue weighted by Crippen LogP contribution is -2.08. The van der Waals surface area contributed by atoms with Crippen molar-refractivity contribution in [1.82, 2.24) is 9.78 Å². The second-order valence-corrected chi connectivity index (χ2v) is 5.28. The fraction of sp³-hybridized carbons (Fsp3) is 0.133. The Kier molecular flexibility index (Phi) is 3.60. The molecule has 0 aliphatic heterocycles. The number of ether oxygens (including phenoxy) is 1. The van der Waals surface area contributed by atoms with Gasteiger partial charge in [-0.1, -0.05) is 30.3 Å². The highest BCUT2D eigenvalue weighted by Crippen LogP contribution is 2.32. The van der Waals surface area contributed by atoms with Crippen LogP contribution in [0.2, 0.25) is 0 Å². The number of rotatable bonds is 4. The molecule has 3 aromatic rings. The Balaban J connectivity index is 1.73. The fourth-order valence-corrected chi connectivity index (χ4v) is 2.68. The van der Waals surface area contributed by atoms with Gasteiger partial charge in [0, 0.05) is 6.20 Å². The molecular weight excluding hydrogens is 318 g/mol. The van der Waals surface area contributed by atoms with Gasteiger partial charge in [-0.25, -0.2) is 0 Å². The highest BCUT2D eigenvalue weighted by molar-refractivity contribution is 9.10. The summed E-state index contributed by atoms with van der Waals surface area (Å²) in [6.45, 7) is 1.20. The topological polar surface area (TPSA) is 53.1 Å². The van der Waals surface area contributed by atoms with Crippen molar-refractivity contribution in [3.8, 4) is 5.75 Å². The van der Waals surface area contributed by atoms with Crippen LogP contribution in [0.25, 0.3) is 10.8 Å². The van der Waals surface area contributed by atoms with Crippen molar-refractivity contribution >= 4 is 32.4 Å². The summed E-state index contributed by atoms with van der Waals surface area (Å²) in [4.78, 5) is 0. The Labute approximate surface area is 125 Å². The number of aromatic nitrogens is 2. The van der Waals surface area contributed by atoms with E-state index in [1.807, 2.05) is 18.2 Å². The summed E-state index contributed by atoms with van der Waals surface area (Å²) in [7, 11) is 0. The van der Waals surface area contributed by atoms with Crippen LogP contribution in [0, 0.1) is 0 Å². The van der Waals surface area contributed by atoms with Gasteiger partial charge in [-0.05, 0) is 32.8 Å². The normalized spacial score (nSPS) is 10.8. The molecule has 1 aromatic heterocycles. The fourth-order valence-electron chi connectivity index (χ4n) is 2.08. The smallest absolute Gasteiger partial charge is 0.134 e. The van der Waals surface area contributed by atoms with E-state index >= 15 is 0 Å². The van der Waals surface area contributed by atoms with Gasteiger partial charge in [0.05, 0.1) is 22.9 Å². The number of nitrogen functional groups attached to an aromatic ring is 1.